The molecule has 0 aliphatic carbocycles. The van der Waals surface area contributed by atoms with Gasteiger partial charge in [0, 0.05) is 50.5 Å². The zero-order chi connectivity index (χ0) is 32.3. The molecule has 5 heterocycles. The minimum atomic E-state index is -0.807. The molecule has 9 nitrogen and oxygen atoms in total. The van der Waals surface area contributed by atoms with E-state index in [2.05, 4.69) is 27.9 Å². The molecule has 0 saturated carbocycles. The van der Waals surface area contributed by atoms with Crippen molar-refractivity contribution in [2.75, 3.05) is 32.0 Å². The average molecular weight is 848 g/mol. The van der Waals surface area contributed by atoms with E-state index in [1.807, 2.05) is 13.0 Å². The number of nitrogens with two attached hydrogens (primary N) is 1. The maximum absolute atomic E-state index is 16.8. The summed E-state index contributed by atoms with van der Waals surface area (Å²) in [6.07, 6.45) is 6.47. The van der Waals surface area contributed by atoms with E-state index in [0.29, 0.717) is 19.6 Å². The molecule has 2 N–H and O–H groups in total. The molecule has 2 aromatic carbocycles. The van der Waals surface area contributed by atoms with Crippen molar-refractivity contribution < 1.29 is 44.1 Å². The van der Waals surface area contributed by atoms with Crippen LogP contribution >= 0.6 is 22.9 Å². The van der Waals surface area contributed by atoms with E-state index in [4.69, 9.17) is 26.8 Å². The molecule has 1 amide bonds. The summed E-state index contributed by atoms with van der Waals surface area (Å²) < 4.78 is 44.4. The summed E-state index contributed by atoms with van der Waals surface area (Å²) in [5.41, 5.74) is 5.96. The molecule has 14 heteroatoms. The molecule has 3 aliphatic rings. The SMILES string of the molecule is C=CC(=O)N1CC[C@@H](Oc2nc(OC[C@@]34C[CH-]CN3CCC4)nc3c(F)c(-c4ccc(F)c5sc(N)c(C#N)c45)c(Cl)cc23)[C@H]1C.[W]. The van der Waals surface area contributed by atoms with Gasteiger partial charge in [0.25, 0.3) is 0 Å². The molecule has 4 aromatic rings. The van der Waals surface area contributed by atoms with Gasteiger partial charge in [0.05, 0.1) is 26.7 Å². The van der Waals surface area contributed by atoms with Crippen molar-refractivity contribution in [1.82, 2.24) is 19.8 Å². The third-order valence-electron chi connectivity index (χ3n) is 9.52. The first-order chi connectivity index (χ1) is 22.2. The van der Waals surface area contributed by atoms with Crippen LogP contribution in [0.2, 0.25) is 5.02 Å². The van der Waals surface area contributed by atoms with Gasteiger partial charge in [-0.05, 0) is 50.1 Å². The van der Waals surface area contributed by atoms with Crippen LogP contribution in [0.5, 0.6) is 11.9 Å². The quantitative estimate of drug-likeness (QED) is 0.171. The van der Waals surface area contributed by atoms with Crippen molar-refractivity contribution in [3.8, 4) is 29.1 Å². The Morgan fingerprint density at radius 2 is 2.17 bits per heavy atom. The Balaban J connectivity index is 0.00000386. The summed E-state index contributed by atoms with van der Waals surface area (Å²) in [4.78, 5) is 25.6. The zero-order valence-electron chi connectivity index (χ0n) is 25.4. The summed E-state index contributed by atoms with van der Waals surface area (Å²) in [6.45, 7) is 8.10. The Bertz CT molecular complexity index is 1960. The van der Waals surface area contributed by atoms with Gasteiger partial charge in [0.1, 0.15) is 35.1 Å². The average Bonchev–Trinajstić information content (AvgIpc) is 3.80. The minimum absolute atomic E-state index is 0. The maximum atomic E-state index is 16.8. The van der Waals surface area contributed by atoms with Crippen LogP contribution in [0.3, 0.4) is 0 Å². The Hall–Kier alpha value is -3.36. The standard InChI is InChI=1S/C33H30ClF2N6O3S.W/c1-3-24(43)42-13-8-23(17(42)2)45-31-19-14-21(34)26(18-6-7-22(35)29-25(18)20(15-37)30(38)46-29)27(36)28(19)39-32(40-31)44-16-33-9-4-11-41(33)12-5-10-33;/h3-4,6-7,14,17,23H,1,5,8-13,16,38H2,2H3;/q-1;/t17-,23-,33+;/m1./s1. The van der Waals surface area contributed by atoms with Crippen molar-refractivity contribution >= 4 is 54.8 Å². The second-order valence-electron chi connectivity index (χ2n) is 12.0. The molecular formula is C33H30ClF2N6O3SW-. The Morgan fingerprint density at radius 1 is 1.36 bits per heavy atom. The number of nitrogens with zero attached hydrogens (tertiary/aromatic N) is 5. The van der Waals surface area contributed by atoms with Crippen LogP contribution in [0.1, 0.15) is 38.2 Å². The largest absolute Gasteiger partial charge is 0.471 e. The normalized spacial score (nSPS) is 22.3. The molecule has 47 heavy (non-hydrogen) atoms. The number of rotatable bonds is 7. The Kier molecular flexibility index (Phi) is 9.22. The number of thiophene rings is 1. The first-order valence-electron chi connectivity index (χ1n) is 15.1. The van der Waals surface area contributed by atoms with E-state index >= 15 is 4.39 Å². The van der Waals surface area contributed by atoms with Crippen LogP contribution in [0.4, 0.5) is 13.8 Å². The van der Waals surface area contributed by atoms with Gasteiger partial charge in [0.15, 0.2) is 5.82 Å². The topological polar surface area (TPSA) is 118 Å². The van der Waals surface area contributed by atoms with Crippen LogP contribution < -0.4 is 15.2 Å². The van der Waals surface area contributed by atoms with Crippen molar-refractivity contribution in [2.45, 2.75) is 50.3 Å². The smallest absolute Gasteiger partial charge is 0.320 e. The van der Waals surface area contributed by atoms with Gasteiger partial charge < -0.3 is 31.4 Å². The number of nitriles is 1. The number of amides is 1. The number of hydrogen-bond donors (Lipinski definition) is 1. The molecule has 2 aromatic heterocycles. The van der Waals surface area contributed by atoms with Gasteiger partial charge in [-0.2, -0.15) is 21.7 Å². The molecule has 0 bridgehead atoms. The number of hydrogen-bond acceptors (Lipinski definition) is 9. The summed E-state index contributed by atoms with van der Waals surface area (Å²) in [5, 5.41) is 10.3. The first-order valence-corrected chi connectivity index (χ1v) is 16.2. The van der Waals surface area contributed by atoms with Crippen LogP contribution in [0.25, 0.3) is 32.1 Å². The van der Waals surface area contributed by atoms with Crippen LogP contribution in [0, 0.1) is 29.4 Å². The number of ether oxygens (including phenoxy) is 2. The third kappa shape index (κ3) is 5.55. The number of anilines is 1. The van der Waals surface area contributed by atoms with Crippen LogP contribution in [0.15, 0.2) is 30.9 Å². The number of likely N-dealkylation sites (tertiary alicyclic amines) is 1. The van der Waals surface area contributed by atoms with Gasteiger partial charge in [-0.15, -0.1) is 17.9 Å². The predicted molar refractivity (Wildman–Crippen MR) is 173 cm³/mol. The van der Waals surface area contributed by atoms with Crippen molar-refractivity contribution in [3.05, 3.63) is 59.5 Å². The molecule has 0 spiro atoms. The van der Waals surface area contributed by atoms with E-state index in [-0.39, 0.29) is 98.1 Å². The fraction of sp³-hybridized carbons (Fsp3) is 0.364. The fourth-order valence-electron chi connectivity index (χ4n) is 7.12. The van der Waals surface area contributed by atoms with Gasteiger partial charge in [0.2, 0.25) is 11.8 Å². The van der Waals surface area contributed by atoms with E-state index in [0.717, 1.165) is 43.7 Å². The number of halogens is 3. The van der Waals surface area contributed by atoms with Crippen LogP contribution in [-0.4, -0.2) is 69.6 Å². The second-order valence-corrected chi connectivity index (χ2v) is 13.4. The van der Waals surface area contributed by atoms with Crippen molar-refractivity contribution in [1.29, 1.82) is 5.26 Å². The summed E-state index contributed by atoms with van der Waals surface area (Å²) in [6, 6.07) is 5.73. The first kappa shape index (κ1) is 33.5. The van der Waals surface area contributed by atoms with Gasteiger partial charge in [-0.3, -0.25) is 4.79 Å². The molecule has 0 unspecified atom stereocenters. The monoisotopic (exact) mass is 847 g/mol. The van der Waals surface area contributed by atoms with Gasteiger partial charge in [-0.25, -0.2) is 8.78 Å². The molecule has 244 valence electrons. The molecule has 3 saturated heterocycles. The fourth-order valence-corrected chi connectivity index (χ4v) is 8.36. The van der Waals surface area contributed by atoms with E-state index in [1.165, 1.54) is 24.3 Å². The molecule has 3 fully saturated rings. The summed E-state index contributed by atoms with van der Waals surface area (Å²) in [5.74, 6) is -1.53. The predicted octanol–water partition coefficient (Wildman–Crippen LogP) is 6.27. The van der Waals surface area contributed by atoms with E-state index in [1.54, 1.807) is 4.90 Å². The van der Waals surface area contributed by atoms with E-state index < -0.39 is 17.7 Å². The zero-order valence-corrected chi connectivity index (χ0v) is 29.9. The Morgan fingerprint density at radius 3 is 2.94 bits per heavy atom. The number of nitrogen functional groups attached to an aromatic ring is 1. The molecule has 3 aliphatic heterocycles. The number of fused-ring (bicyclic) bond motifs is 3. The Labute approximate surface area is 293 Å². The number of aromatic nitrogens is 2. The maximum Gasteiger partial charge on any atom is 0.320 e. The number of benzene rings is 2. The van der Waals surface area contributed by atoms with Crippen molar-refractivity contribution in [2.24, 2.45) is 0 Å². The van der Waals surface area contributed by atoms with Crippen LogP contribution in [-0.2, 0) is 25.9 Å². The molecule has 3 atom stereocenters. The summed E-state index contributed by atoms with van der Waals surface area (Å²) in [7, 11) is 0. The molecule has 7 rings (SSSR count). The second kappa shape index (κ2) is 12.9. The summed E-state index contributed by atoms with van der Waals surface area (Å²) >= 11 is 7.69. The van der Waals surface area contributed by atoms with E-state index in [9.17, 15) is 14.4 Å². The molecular weight excluding hydrogens is 818 g/mol. The van der Waals surface area contributed by atoms with Gasteiger partial charge in [-0.1, -0.05) is 24.2 Å². The third-order valence-corrected chi connectivity index (χ3v) is 10.8. The minimum Gasteiger partial charge on any atom is -0.471 e. The molecule has 0 radical (unpaired) electrons. The van der Waals surface area contributed by atoms with Crippen molar-refractivity contribution in [3.63, 3.8) is 0 Å². The number of carbonyl (C=O) groups is 1. The number of carbonyl (C=O) groups excluding carboxylic acids is 1. The van der Waals surface area contributed by atoms with Gasteiger partial charge >= 0.3 is 6.01 Å².